The monoisotopic (exact) mass is 449 g/mol. The molecule has 0 bridgehead atoms. The molecule has 3 atom stereocenters. The van der Waals surface area contributed by atoms with E-state index in [0.29, 0.717) is 6.42 Å². The molecule has 1 heterocycles. The number of alkyl carbamates (subject to hydrolysis) is 1. The molecule has 5 rings (SSSR count). The van der Waals surface area contributed by atoms with Crippen LogP contribution in [0.5, 0.6) is 0 Å². The van der Waals surface area contributed by atoms with E-state index >= 15 is 0 Å². The molecule has 0 spiro atoms. The van der Waals surface area contributed by atoms with Crippen molar-refractivity contribution in [2.24, 2.45) is 11.8 Å². The molecular weight excluding hydrogens is 426 g/mol. The van der Waals surface area contributed by atoms with Crippen molar-refractivity contribution >= 4 is 23.9 Å². The summed E-state index contributed by atoms with van der Waals surface area (Å²) in [5.41, 5.74) is 6.86. The van der Waals surface area contributed by atoms with Crippen LogP contribution in [0, 0.1) is 11.8 Å². The van der Waals surface area contributed by atoms with Crippen molar-refractivity contribution in [3.05, 3.63) is 59.7 Å². The van der Waals surface area contributed by atoms with Gasteiger partial charge in [-0.15, -0.1) is 0 Å². The maximum atomic E-state index is 12.6. The molecule has 170 valence electrons. The van der Waals surface area contributed by atoms with Gasteiger partial charge in [-0.05, 0) is 34.6 Å². The van der Waals surface area contributed by atoms with Crippen molar-refractivity contribution in [3.63, 3.8) is 0 Å². The van der Waals surface area contributed by atoms with Gasteiger partial charge in [0, 0.05) is 18.4 Å². The van der Waals surface area contributed by atoms with E-state index in [9.17, 15) is 24.3 Å². The third kappa shape index (κ3) is 3.90. The lowest BCUT2D eigenvalue weighted by atomic mass is 9.98. The number of hydrazine groups is 1. The predicted molar refractivity (Wildman–Crippen MR) is 116 cm³/mol. The molecule has 2 aromatic carbocycles. The fraction of sp³-hybridized carbons (Fsp3) is 0.333. The number of benzene rings is 2. The summed E-state index contributed by atoms with van der Waals surface area (Å²) in [4.78, 5) is 47.7. The topological polar surface area (TPSA) is 125 Å². The van der Waals surface area contributed by atoms with Crippen molar-refractivity contribution in [2.75, 3.05) is 13.2 Å². The molecule has 1 saturated carbocycles. The Bertz CT molecular complexity index is 1100. The highest BCUT2D eigenvalue weighted by molar-refractivity contribution is 5.95. The lowest BCUT2D eigenvalue weighted by Crippen LogP contribution is -2.47. The van der Waals surface area contributed by atoms with Crippen LogP contribution >= 0.6 is 0 Å². The molecule has 2 aliphatic carbocycles. The summed E-state index contributed by atoms with van der Waals surface area (Å²) in [5.74, 6) is -2.75. The number of nitrogens with zero attached hydrogens (tertiary/aromatic N) is 1. The first-order valence-corrected chi connectivity index (χ1v) is 10.9. The van der Waals surface area contributed by atoms with Gasteiger partial charge in [-0.2, -0.15) is 0 Å². The Labute approximate surface area is 189 Å². The third-order valence-corrected chi connectivity index (χ3v) is 6.55. The molecule has 3 N–H and O–H groups in total. The summed E-state index contributed by atoms with van der Waals surface area (Å²) in [7, 11) is 0. The highest BCUT2D eigenvalue weighted by Crippen LogP contribution is 2.44. The van der Waals surface area contributed by atoms with Crippen molar-refractivity contribution in [1.82, 2.24) is 15.8 Å². The van der Waals surface area contributed by atoms with Crippen molar-refractivity contribution < 1.29 is 29.0 Å². The highest BCUT2D eigenvalue weighted by atomic mass is 16.5. The lowest BCUT2D eigenvalue weighted by molar-refractivity contribution is -0.151. The minimum Gasteiger partial charge on any atom is -0.480 e. The number of amides is 3. The zero-order valence-electron chi connectivity index (χ0n) is 17.7. The largest absolute Gasteiger partial charge is 0.480 e. The number of carbonyl (C=O) groups excluding carboxylic acids is 3. The van der Waals surface area contributed by atoms with Gasteiger partial charge in [-0.25, -0.2) is 14.6 Å². The van der Waals surface area contributed by atoms with Crippen molar-refractivity contribution in [3.8, 4) is 11.1 Å². The summed E-state index contributed by atoms with van der Waals surface area (Å²) >= 11 is 0. The number of carboxylic acids is 1. The first kappa shape index (κ1) is 21.0. The molecular formula is C24H23N3O6. The number of fused-ring (bicyclic) bond motifs is 3. The maximum absolute atomic E-state index is 12.6. The van der Waals surface area contributed by atoms with Crippen LogP contribution in [0.4, 0.5) is 4.79 Å². The van der Waals surface area contributed by atoms with Crippen LogP contribution in [-0.2, 0) is 19.1 Å². The second kappa shape index (κ2) is 8.23. The minimum absolute atomic E-state index is 0.0369. The van der Waals surface area contributed by atoms with Gasteiger partial charge in [0.15, 0.2) is 6.04 Å². The van der Waals surface area contributed by atoms with E-state index in [1.54, 1.807) is 0 Å². The first-order valence-electron chi connectivity index (χ1n) is 10.9. The Morgan fingerprint density at radius 2 is 1.70 bits per heavy atom. The van der Waals surface area contributed by atoms with Crippen LogP contribution in [0.1, 0.15) is 29.9 Å². The van der Waals surface area contributed by atoms with Gasteiger partial charge in [-0.3, -0.25) is 15.0 Å². The summed E-state index contributed by atoms with van der Waals surface area (Å²) in [6.07, 6.45) is -0.301. The molecule has 3 amide bonds. The molecule has 9 nitrogen and oxygen atoms in total. The molecule has 1 aliphatic heterocycles. The van der Waals surface area contributed by atoms with E-state index in [-0.39, 0.29) is 31.4 Å². The van der Waals surface area contributed by atoms with E-state index in [1.165, 1.54) is 0 Å². The fourth-order valence-electron chi connectivity index (χ4n) is 4.75. The van der Waals surface area contributed by atoms with Crippen LogP contribution in [0.15, 0.2) is 48.5 Å². The second-order valence-electron chi connectivity index (χ2n) is 8.61. The molecule has 0 radical (unpaired) electrons. The van der Waals surface area contributed by atoms with Gasteiger partial charge in [0.05, 0.1) is 6.42 Å². The zero-order valence-corrected chi connectivity index (χ0v) is 17.7. The number of carboxylic acid groups (broad SMARTS) is 1. The van der Waals surface area contributed by atoms with Gasteiger partial charge < -0.3 is 15.2 Å². The number of nitrogens with one attached hydrogen (secondary N) is 2. The quantitative estimate of drug-likeness (QED) is 0.618. The van der Waals surface area contributed by atoms with Gasteiger partial charge >= 0.3 is 12.1 Å². The van der Waals surface area contributed by atoms with Crippen LogP contribution in [0.3, 0.4) is 0 Å². The molecule has 2 aromatic rings. The number of aliphatic carboxylic acids is 1. The molecule has 1 unspecified atom stereocenters. The second-order valence-corrected chi connectivity index (χ2v) is 8.61. The summed E-state index contributed by atoms with van der Waals surface area (Å²) in [6, 6.07) is 15.0. The summed E-state index contributed by atoms with van der Waals surface area (Å²) < 4.78 is 5.50. The van der Waals surface area contributed by atoms with Crippen LogP contribution in [0.25, 0.3) is 11.1 Å². The minimum atomic E-state index is -1.23. The van der Waals surface area contributed by atoms with E-state index in [4.69, 9.17) is 4.74 Å². The Hall–Kier alpha value is -3.88. The highest BCUT2D eigenvalue weighted by Gasteiger charge is 2.50. The molecule has 9 heteroatoms. The normalized spacial score (nSPS) is 22.8. The predicted octanol–water partition coefficient (Wildman–Crippen LogP) is 1.88. The van der Waals surface area contributed by atoms with E-state index in [0.717, 1.165) is 27.3 Å². The Morgan fingerprint density at radius 1 is 1.06 bits per heavy atom. The van der Waals surface area contributed by atoms with Crippen LogP contribution in [-0.4, -0.2) is 53.2 Å². The smallest absolute Gasteiger partial charge is 0.407 e. The van der Waals surface area contributed by atoms with Gasteiger partial charge in [0.25, 0.3) is 0 Å². The number of hydrogen-bond acceptors (Lipinski definition) is 5. The Balaban J connectivity index is 1.13. The van der Waals surface area contributed by atoms with E-state index in [1.807, 2.05) is 36.4 Å². The zero-order chi connectivity index (χ0) is 23.1. The number of hydrogen-bond donors (Lipinski definition) is 3. The molecule has 2 fully saturated rings. The van der Waals surface area contributed by atoms with Crippen LogP contribution in [0.2, 0.25) is 0 Å². The molecule has 3 aliphatic rings. The number of rotatable bonds is 6. The first-order chi connectivity index (χ1) is 15.9. The summed E-state index contributed by atoms with van der Waals surface area (Å²) in [5, 5.41) is 12.8. The molecule has 0 aromatic heterocycles. The lowest BCUT2D eigenvalue weighted by Gasteiger charge is -2.20. The average molecular weight is 449 g/mol. The third-order valence-electron chi connectivity index (χ3n) is 6.55. The molecule has 33 heavy (non-hydrogen) atoms. The Morgan fingerprint density at radius 3 is 2.33 bits per heavy atom. The van der Waals surface area contributed by atoms with Crippen molar-refractivity contribution in [2.45, 2.75) is 24.8 Å². The number of ether oxygens (including phenoxy) is 1. The van der Waals surface area contributed by atoms with E-state index < -0.39 is 35.8 Å². The SMILES string of the molecule is O=C1CC(C(=O)O)N(C(=O)[C@H]2C[C@H]2CNC(=O)OCC2c3ccccc3-c3ccccc32)N1. The summed E-state index contributed by atoms with van der Waals surface area (Å²) in [6.45, 7) is 0.444. The average Bonchev–Trinajstić information content (AvgIpc) is 3.38. The Kier molecular flexibility index (Phi) is 5.24. The van der Waals surface area contributed by atoms with Crippen molar-refractivity contribution in [1.29, 1.82) is 0 Å². The number of carbonyl (C=O) groups is 4. The standard InChI is InChI=1S/C24H23N3O6/c28-21-10-20(23(30)31)27(26-21)22(29)18-9-13(18)11-25-24(32)33-12-19-16-7-3-1-5-14(16)15-6-2-4-8-17(15)19/h1-8,13,18-20H,9-12H2,(H,25,32)(H,26,28)(H,30,31)/t13-,18-,20?/m0/s1. The molecule has 1 saturated heterocycles. The van der Waals surface area contributed by atoms with E-state index in [2.05, 4.69) is 22.9 Å². The maximum Gasteiger partial charge on any atom is 0.407 e. The van der Waals surface area contributed by atoms with Crippen LogP contribution < -0.4 is 10.7 Å². The van der Waals surface area contributed by atoms with Gasteiger partial charge in [0.2, 0.25) is 11.8 Å². The van der Waals surface area contributed by atoms with Gasteiger partial charge in [-0.1, -0.05) is 48.5 Å². The van der Waals surface area contributed by atoms with Gasteiger partial charge in [0.1, 0.15) is 6.61 Å². The fourth-order valence-corrected chi connectivity index (χ4v) is 4.75.